The third kappa shape index (κ3) is 3.52. The van der Waals surface area contributed by atoms with Crippen LogP contribution in [0.4, 0.5) is 19.1 Å². The van der Waals surface area contributed by atoms with Crippen LogP contribution in [0.15, 0.2) is 48.5 Å². The molecule has 0 saturated carbocycles. The predicted octanol–water partition coefficient (Wildman–Crippen LogP) is 2.87. The molecule has 1 aliphatic rings. The molecule has 1 aliphatic heterocycles. The maximum absolute atomic E-state index is 12.7. The molecular formula is C19H12F3N5O3. The average Bonchev–Trinajstić information content (AvgIpc) is 3.28. The number of fused-ring (bicyclic) bond motifs is 1. The third-order valence-electron chi connectivity index (χ3n) is 4.40. The number of nitrogens with zero attached hydrogens (tertiary/aromatic N) is 3. The van der Waals surface area contributed by atoms with E-state index in [1.54, 1.807) is 29.4 Å². The molecule has 0 unspecified atom stereocenters. The van der Waals surface area contributed by atoms with Gasteiger partial charge in [0.15, 0.2) is 0 Å². The molecule has 1 aromatic heterocycles. The van der Waals surface area contributed by atoms with Gasteiger partial charge in [0.2, 0.25) is 11.8 Å². The number of anilines is 1. The minimum absolute atomic E-state index is 0.0326. The first-order valence-electron chi connectivity index (χ1n) is 8.59. The van der Waals surface area contributed by atoms with E-state index in [0.717, 1.165) is 10.5 Å². The van der Waals surface area contributed by atoms with Gasteiger partial charge in [-0.1, -0.05) is 30.3 Å². The maximum Gasteiger partial charge on any atom is 0.451 e. The van der Waals surface area contributed by atoms with Crippen molar-refractivity contribution in [3.8, 4) is 0 Å². The number of nitrogens with one attached hydrogen (secondary N) is 2. The Labute approximate surface area is 166 Å². The highest BCUT2D eigenvalue weighted by Gasteiger charge is 2.37. The zero-order chi connectivity index (χ0) is 21.5. The molecule has 2 aromatic carbocycles. The van der Waals surface area contributed by atoms with Gasteiger partial charge in [-0.05, 0) is 23.8 Å². The van der Waals surface area contributed by atoms with Gasteiger partial charge in [0.1, 0.15) is 0 Å². The second-order valence-corrected chi connectivity index (χ2v) is 6.40. The van der Waals surface area contributed by atoms with Crippen LogP contribution in [-0.4, -0.2) is 37.8 Å². The second kappa shape index (κ2) is 7.10. The maximum atomic E-state index is 12.7. The zero-order valence-corrected chi connectivity index (χ0v) is 15.0. The number of aromatic nitrogens is 3. The molecule has 0 spiro atoms. The van der Waals surface area contributed by atoms with Gasteiger partial charge >= 0.3 is 6.18 Å². The average molecular weight is 415 g/mol. The summed E-state index contributed by atoms with van der Waals surface area (Å²) < 4.78 is 37.7. The highest BCUT2D eigenvalue weighted by Crippen LogP contribution is 2.27. The Morgan fingerprint density at radius 3 is 2.40 bits per heavy atom. The molecule has 30 heavy (non-hydrogen) atoms. The molecular weight excluding hydrogens is 403 g/mol. The number of rotatable bonds is 4. The molecule has 11 heteroatoms. The number of aromatic amines is 1. The number of H-pyrrole nitrogens is 1. The van der Waals surface area contributed by atoms with Gasteiger partial charge in [-0.25, -0.2) is 0 Å². The van der Waals surface area contributed by atoms with Crippen LogP contribution in [0.2, 0.25) is 0 Å². The molecule has 0 saturated heterocycles. The van der Waals surface area contributed by atoms with Crippen LogP contribution in [0.5, 0.6) is 0 Å². The van der Waals surface area contributed by atoms with Crippen molar-refractivity contribution in [3.05, 3.63) is 76.6 Å². The molecule has 0 bridgehead atoms. The van der Waals surface area contributed by atoms with Crippen LogP contribution in [-0.2, 0) is 12.7 Å². The summed E-state index contributed by atoms with van der Waals surface area (Å²) in [7, 11) is 0. The zero-order valence-electron chi connectivity index (χ0n) is 15.0. The lowest BCUT2D eigenvalue weighted by Gasteiger charge is -2.13. The summed E-state index contributed by atoms with van der Waals surface area (Å²) in [6, 6.07) is 12.8. The molecule has 2 N–H and O–H groups in total. The molecule has 2 heterocycles. The Hall–Kier alpha value is -4.02. The fourth-order valence-corrected chi connectivity index (χ4v) is 2.96. The molecule has 152 valence electrons. The lowest BCUT2D eigenvalue weighted by Crippen LogP contribution is -2.29. The van der Waals surface area contributed by atoms with Gasteiger partial charge in [0.05, 0.1) is 17.7 Å². The number of carbonyl (C=O) groups is 3. The number of carbonyl (C=O) groups excluding carboxylic acids is 3. The van der Waals surface area contributed by atoms with Crippen LogP contribution in [0.25, 0.3) is 0 Å². The summed E-state index contributed by atoms with van der Waals surface area (Å²) in [5.74, 6) is -3.81. The third-order valence-corrected chi connectivity index (χ3v) is 4.40. The van der Waals surface area contributed by atoms with E-state index in [2.05, 4.69) is 15.4 Å². The van der Waals surface area contributed by atoms with Gasteiger partial charge in [-0.15, -0.1) is 5.10 Å². The Bertz CT molecular complexity index is 1160. The van der Waals surface area contributed by atoms with E-state index >= 15 is 0 Å². The van der Waals surface area contributed by atoms with E-state index in [0.29, 0.717) is 0 Å². The molecule has 0 radical (unpaired) electrons. The summed E-state index contributed by atoms with van der Waals surface area (Å²) in [4.78, 5) is 41.8. The van der Waals surface area contributed by atoms with Gasteiger partial charge in [-0.2, -0.15) is 18.2 Å². The molecule has 4 rings (SSSR count). The minimum Gasteiger partial charge on any atom is -0.289 e. The fraction of sp³-hybridized carbons (Fsp3) is 0.105. The summed E-state index contributed by atoms with van der Waals surface area (Å²) in [6.07, 6.45) is -4.74. The van der Waals surface area contributed by atoms with E-state index < -0.39 is 35.7 Å². The largest absolute Gasteiger partial charge is 0.451 e. The number of alkyl halides is 3. The monoisotopic (exact) mass is 415 g/mol. The van der Waals surface area contributed by atoms with Crippen molar-refractivity contribution in [1.82, 2.24) is 20.1 Å². The lowest BCUT2D eigenvalue weighted by atomic mass is 10.1. The molecule has 0 aliphatic carbocycles. The number of amides is 3. The molecule has 3 amide bonds. The van der Waals surface area contributed by atoms with Crippen LogP contribution < -0.4 is 5.32 Å². The quantitative estimate of drug-likeness (QED) is 0.637. The standard InChI is InChI=1S/C19H12F3N5O3/c20-19(21,22)17-24-18(26-25-17)23-14(28)11-6-7-12-13(8-11)16(30)27(15(12)29)9-10-4-2-1-3-5-10/h1-8H,9H2,(H2,23,24,25,26,28). The first kappa shape index (κ1) is 19.3. The second-order valence-electron chi connectivity index (χ2n) is 6.40. The Kier molecular flexibility index (Phi) is 4.57. The number of halogens is 3. The number of hydrogen-bond acceptors (Lipinski definition) is 5. The molecule has 8 nitrogen and oxygen atoms in total. The van der Waals surface area contributed by atoms with Crippen LogP contribution in [0.1, 0.15) is 42.5 Å². The van der Waals surface area contributed by atoms with E-state index in [1.165, 1.54) is 18.2 Å². The Morgan fingerprint density at radius 2 is 1.73 bits per heavy atom. The van der Waals surface area contributed by atoms with Gasteiger partial charge < -0.3 is 0 Å². The number of benzene rings is 2. The highest BCUT2D eigenvalue weighted by atomic mass is 19.4. The van der Waals surface area contributed by atoms with E-state index in [-0.39, 0.29) is 23.2 Å². The number of hydrogen-bond donors (Lipinski definition) is 2. The summed E-state index contributed by atoms with van der Waals surface area (Å²) in [6.45, 7) is 0.0755. The molecule has 0 fully saturated rings. The van der Waals surface area contributed by atoms with Gasteiger partial charge in [-0.3, -0.25) is 29.7 Å². The van der Waals surface area contributed by atoms with Crippen LogP contribution >= 0.6 is 0 Å². The van der Waals surface area contributed by atoms with Crippen molar-refractivity contribution in [3.63, 3.8) is 0 Å². The van der Waals surface area contributed by atoms with Crippen molar-refractivity contribution >= 4 is 23.7 Å². The van der Waals surface area contributed by atoms with Crippen molar-refractivity contribution < 1.29 is 27.6 Å². The minimum atomic E-state index is -4.74. The molecule has 0 atom stereocenters. The van der Waals surface area contributed by atoms with Gasteiger partial charge in [0.25, 0.3) is 17.7 Å². The highest BCUT2D eigenvalue weighted by molar-refractivity contribution is 6.22. The van der Waals surface area contributed by atoms with Crippen molar-refractivity contribution in [2.75, 3.05) is 5.32 Å². The molecule has 3 aromatic rings. The van der Waals surface area contributed by atoms with Crippen molar-refractivity contribution in [2.45, 2.75) is 12.7 Å². The summed E-state index contributed by atoms with van der Waals surface area (Å²) in [5.41, 5.74) is 0.907. The van der Waals surface area contributed by atoms with Crippen LogP contribution in [0, 0.1) is 0 Å². The lowest BCUT2D eigenvalue weighted by molar-refractivity contribution is -0.144. The Balaban J connectivity index is 1.54. The first-order valence-corrected chi connectivity index (χ1v) is 8.59. The summed E-state index contributed by atoms with van der Waals surface area (Å²) in [5, 5.41) is 7.09. The van der Waals surface area contributed by atoms with E-state index in [4.69, 9.17) is 0 Å². The van der Waals surface area contributed by atoms with E-state index in [1.807, 2.05) is 6.07 Å². The van der Waals surface area contributed by atoms with Crippen LogP contribution in [0.3, 0.4) is 0 Å². The van der Waals surface area contributed by atoms with Crippen molar-refractivity contribution in [1.29, 1.82) is 0 Å². The normalized spacial score (nSPS) is 13.5. The fourth-order valence-electron chi connectivity index (χ4n) is 2.96. The first-order chi connectivity index (χ1) is 14.2. The topological polar surface area (TPSA) is 108 Å². The smallest absolute Gasteiger partial charge is 0.289 e. The number of imide groups is 1. The van der Waals surface area contributed by atoms with Crippen molar-refractivity contribution in [2.24, 2.45) is 0 Å². The Morgan fingerprint density at radius 1 is 1.03 bits per heavy atom. The summed E-state index contributed by atoms with van der Waals surface area (Å²) >= 11 is 0. The predicted molar refractivity (Wildman–Crippen MR) is 96.4 cm³/mol. The SMILES string of the molecule is O=C(Nc1n[nH]c(C(F)(F)F)n1)c1ccc2c(c1)C(=O)N(Cc1ccccc1)C2=O. The van der Waals surface area contributed by atoms with E-state index in [9.17, 15) is 27.6 Å². The van der Waals surface area contributed by atoms with Gasteiger partial charge in [0, 0.05) is 5.56 Å².